The van der Waals surface area contributed by atoms with E-state index in [1.54, 1.807) is 11.1 Å². The maximum atomic E-state index is 2.24. The fourth-order valence-electron chi connectivity index (χ4n) is 1.49. The molecular formula is C9H10. The molecule has 0 amide bonds. The summed E-state index contributed by atoms with van der Waals surface area (Å²) in [4.78, 5) is 0. The topological polar surface area (TPSA) is 0 Å². The summed E-state index contributed by atoms with van der Waals surface area (Å²) in [6.07, 6.45) is 1.28. The summed E-state index contributed by atoms with van der Waals surface area (Å²) in [5, 5.41) is 0. The molecule has 9 heavy (non-hydrogen) atoms. The second-order valence-electron chi connectivity index (χ2n) is 2.59. The summed E-state index contributed by atoms with van der Waals surface area (Å²) >= 11 is 0. The molecular weight excluding hydrogens is 108 g/mol. The number of hydrogen-bond donors (Lipinski definition) is 0. The van der Waals surface area contributed by atoms with Crippen molar-refractivity contribution < 1.29 is 0 Å². The van der Waals surface area contributed by atoms with Crippen LogP contribution in [-0.2, 0) is 0 Å². The maximum Gasteiger partial charge on any atom is 0.00926 e. The van der Waals surface area contributed by atoms with E-state index in [0.29, 0.717) is 0 Å². The smallest absolute Gasteiger partial charge is 0.00926 e. The Bertz CT molecular complexity index is 202. The first-order chi connectivity index (χ1) is 4.43. The van der Waals surface area contributed by atoms with Gasteiger partial charge in [0.05, 0.1) is 0 Å². The summed E-state index contributed by atoms with van der Waals surface area (Å²) in [5.41, 5.74) is 3.14. The van der Waals surface area contributed by atoms with Gasteiger partial charge in [-0.25, -0.2) is 0 Å². The van der Waals surface area contributed by atoms with Crippen molar-refractivity contribution in [1.82, 2.24) is 0 Å². The summed E-state index contributed by atoms with van der Waals surface area (Å²) < 4.78 is 0. The highest BCUT2D eigenvalue weighted by Crippen LogP contribution is 2.44. The second-order valence-corrected chi connectivity index (χ2v) is 2.59. The standard InChI is InChI=1S/C9H10/c1-2-7-8-5-3-4-6-9(7)8/h3-7H,2H2,1H3. The molecule has 0 radical (unpaired) electrons. The van der Waals surface area contributed by atoms with Crippen molar-refractivity contribution in [2.75, 3.05) is 0 Å². The molecule has 1 aromatic rings. The number of fused-ring (bicyclic) bond motifs is 1. The molecule has 0 nitrogen and oxygen atoms in total. The molecule has 0 heteroatoms. The number of hydrogen-bond acceptors (Lipinski definition) is 0. The second kappa shape index (κ2) is 1.60. The monoisotopic (exact) mass is 118 g/mol. The molecule has 1 aliphatic rings. The first-order valence-electron chi connectivity index (χ1n) is 3.52. The molecule has 0 saturated carbocycles. The Kier molecular flexibility index (Phi) is 0.895. The van der Waals surface area contributed by atoms with Crippen molar-refractivity contribution in [1.29, 1.82) is 0 Å². The van der Waals surface area contributed by atoms with Crippen molar-refractivity contribution >= 4 is 0 Å². The van der Waals surface area contributed by atoms with Gasteiger partial charge in [0, 0.05) is 5.92 Å². The van der Waals surface area contributed by atoms with Crippen LogP contribution in [0.3, 0.4) is 0 Å². The fourth-order valence-corrected chi connectivity index (χ4v) is 1.49. The summed E-state index contributed by atoms with van der Waals surface area (Å²) in [5.74, 6) is 0.819. The summed E-state index contributed by atoms with van der Waals surface area (Å²) in [7, 11) is 0. The number of benzene rings is 1. The van der Waals surface area contributed by atoms with Crippen LogP contribution in [-0.4, -0.2) is 0 Å². The molecule has 46 valence electrons. The van der Waals surface area contributed by atoms with Gasteiger partial charge in [0.25, 0.3) is 0 Å². The Morgan fingerprint density at radius 3 is 2.22 bits per heavy atom. The van der Waals surface area contributed by atoms with E-state index in [-0.39, 0.29) is 0 Å². The molecule has 1 aromatic carbocycles. The first-order valence-corrected chi connectivity index (χ1v) is 3.52. The van der Waals surface area contributed by atoms with Crippen LogP contribution in [0.4, 0.5) is 0 Å². The van der Waals surface area contributed by atoms with E-state index in [1.165, 1.54) is 6.42 Å². The van der Waals surface area contributed by atoms with Crippen LogP contribution in [0.2, 0.25) is 0 Å². The average Bonchev–Trinajstić information content (AvgIpc) is 2.60. The third-order valence-electron chi connectivity index (χ3n) is 2.07. The van der Waals surface area contributed by atoms with Gasteiger partial charge in [-0.3, -0.25) is 0 Å². The van der Waals surface area contributed by atoms with Gasteiger partial charge in [-0.1, -0.05) is 31.2 Å². The Balaban J connectivity index is 2.35. The van der Waals surface area contributed by atoms with Crippen molar-refractivity contribution in [2.24, 2.45) is 0 Å². The van der Waals surface area contributed by atoms with E-state index in [1.807, 2.05) is 0 Å². The van der Waals surface area contributed by atoms with Gasteiger partial charge in [0.15, 0.2) is 0 Å². The van der Waals surface area contributed by atoms with Crippen LogP contribution in [0.25, 0.3) is 0 Å². The van der Waals surface area contributed by atoms with Gasteiger partial charge in [0.2, 0.25) is 0 Å². The number of rotatable bonds is 1. The molecule has 0 bridgehead atoms. The Hall–Kier alpha value is -0.780. The molecule has 0 heterocycles. The van der Waals surface area contributed by atoms with Crippen LogP contribution >= 0.6 is 0 Å². The van der Waals surface area contributed by atoms with Crippen LogP contribution < -0.4 is 0 Å². The molecule has 0 saturated heterocycles. The lowest BCUT2D eigenvalue weighted by molar-refractivity contribution is 0.909. The molecule has 0 atom stereocenters. The minimum absolute atomic E-state index is 0.819. The van der Waals surface area contributed by atoms with Gasteiger partial charge in [-0.2, -0.15) is 0 Å². The third kappa shape index (κ3) is 0.593. The molecule has 1 aliphatic carbocycles. The Labute approximate surface area is 55.5 Å². The zero-order valence-corrected chi connectivity index (χ0v) is 5.59. The fraction of sp³-hybridized carbons (Fsp3) is 0.333. The van der Waals surface area contributed by atoms with E-state index in [2.05, 4.69) is 31.2 Å². The largest absolute Gasteiger partial charge is 0.0645 e. The van der Waals surface area contributed by atoms with E-state index in [4.69, 9.17) is 0 Å². The lowest BCUT2D eigenvalue weighted by atomic mass is 10.2. The van der Waals surface area contributed by atoms with Gasteiger partial charge in [-0.15, -0.1) is 0 Å². The zero-order valence-electron chi connectivity index (χ0n) is 5.59. The quantitative estimate of drug-likeness (QED) is 0.531. The van der Waals surface area contributed by atoms with Crippen molar-refractivity contribution in [3.8, 4) is 0 Å². The average molecular weight is 118 g/mol. The minimum Gasteiger partial charge on any atom is -0.0645 e. The molecule has 0 N–H and O–H groups in total. The predicted octanol–water partition coefficient (Wildman–Crippen LogP) is 2.54. The van der Waals surface area contributed by atoms with Crippen LogP contribution in [0.15, 0.2) is 24.3 Å². The van der Waals surface area contributed by atoms with E-state index >= 15 is 0 Å². The highest BCUT2D eigenvalue weighted by Gasteiger charge is 2.28. The van der Waals surface area contributed by atoms with Crippen molar-refractivity contribution in [2.45, 2.75) is 19.3 Å². The van der Waals surface area contributed by atoms with Gasteiger partial charge < -0.3 is 0 Å². The predicted molar refractivity (Wildman–Crippen MR) is 38.6 cm³/mol. The van der Waals surface area contributed by atoms with Gasteiger partial charge in [0.1, 0.15) is 0 Å². The van der Waals surface area contributed by atoms with Gasteiger partial charge in [-0.05, 0) is 17.5 Å². The zero-order chi connectivity index (χ0) is 6.27. The Morgan fingerprint density at radius 2 is 1.78 bits per heavy atom. The first kappa shape index (κ1) is 5.04. The third-order valence-corrected chi connectivity index (χ3v) is 2.07. The molecule has 0 unspecified atom stereocenters. The van der Waals surface area contributed by atoms with E-state index < -0.39 is 0 Å². The lowest BCUT2D eigenvalue weighted by Gasteiger charge is -1.79. The minimum atomic E-state index is 0.819. The summed E-state index contributed by atoms with van der Waals surface area (Å²) in [6, 6.07) is 8.69. The highest BCUT2D eigenvalue weighted by molar-refractivity contribution is 5.51. The van der Waals surface area contributed by atoms with Crippen LogP contribution in [0.5, 0.6) is 0 Å². The molecule has 0 spiro atoms. The maximum absolute atomic E-state index is 2.24. The molecule has 0 fully saturated rings. The normalized spacial score (nSPS) is 15.2. The van der Waals surface area contributed by atoms with E-state index in [9.17, 15) is 0 Å². The van der Waals surface area contributed by atoms with Crippen LogP contribution in [0, 0.1) is 0 Å². The SMILES string of the molecule is CCC1c2ccccc21. The lowest BCUT2D eigenvalue weighted by Crippen LogP contribution is -1.63. The Morgan fingerprint density at radius 1 is 1.22 bits per heavy atom. The summed E-state index contributed by atoms with van der Waals surface area (Å²) in [6.45, 7) is 2.24. The van der Waals surface area contributed by atoms with E-state index in [0.717, 1.165) is 5.92 Å². The highest BCUT2D eigenvalue weighted by atomic mass is 14.3. The molecule has 2 rings (SSSR count). The molecule has 0 aliphatic heterocycles. The molecule has 0 aromatic heterocycles. The van der Waals surface area contributed by atoms with Crippen molar-refractivity contribution in [3.05, 3.63) is 35.4 Å². The van der Waals surface area contributed by atoms with Crippen LogP contribution in [0.1, 0.15) is 30.4 Å². The van der Waals surface area contributed by atoms with Gasteiger partial charge >= 0.3 is 0 Å². The van der Waals surface area contributed by atoms with Crippen molar-refractivity contribution in [3.63, 3.8) is 0 Å².